The minimum atomic E-state index is 0.432. The fourth-order valence-corrected chi connectivity index (χ4v) is 3.48. The van der Waals surface area contributed by atoms with E-state index in [4.69, 9.17) is 10.5 Å². The van der Waals surface area contributed by atoms with E-state index in [1.165, 1.54) is 10.5 Å². The average molecular weight is 272 g/mol. The second-order valence-corrected chi connectivity index (χ2v) is 5.75. The lowest BCUT2D eigenvalue weighted by Gasteiger charge is -2.13. The Kier molecular flexibility index (Phi) is 3.34. The third-order valence-corrected chi connectivity index (χ3v) is 4.52. The molecule has 1 aromatic carbocycles. The number of aromatic nitrogens is 1. The molecule has 0 bridgehead atoms. The van der Waals surface area contributed by atoms with Gasteiger partial charge in [-0.15, -0.1) is 11.8 Å². The number of hydrogen-bond donors (Lipinski definition) is 1. The van der Waals surface area contributed by atoms with Crippen LogP contribution in [-0.4, -0.2) is 17.3 Å². The minimum absolute atomic E-state index is 0.432. The van der Waals surface area contributed by atoms with E-state index in [1.807, 2.05) is 30.8 Å². The average Bonchev–Trinajstić information content (AvgIpc) is 2.81. The number of aryl methyl sites for hydroxylation is 1. The number of fused-ring (bicyclic) bond motifs is 1. The van der Waals surface area contributed by atoms with Crippen LogP contribution in [0.2, 0.25) is 0 Å². The number of nitrogens with two attached hydrogens (primary N) is 1. The van der Waals surface area contributed by atoms with Crippen LogP contribution in [0.5, 0.6) is 5.75 Å². The van der Waals surface area contributed by atoms with Crippen molar-refractivity contribution < 1.29 is 4.74 Å². The van der Waals surface area contributed by atoms with Crippen LogP contribution in [0.15, 0.2) is 41.3 Å². The van der Waals surface area contributed by atoms with Gasteiger partial charge < -0.3 is 10.5 Å². The summed E-state index contributed by atoms with van der Waals surface area (Å²) in [5.41, 5.74) is 8.15. The van der Waals surface area contributed by atoms with Crippen molar-refractivity contribution >= 4 is 17.6 Å². The van der Waals surface area contributed by atoms with Crippen molar-refractivity contribution in [1.82, 2.24) is 4.98 Å². The highest BCUT2D eigenvalue weighted by atomic mass is 32.2. The summed E-state index contributed by atoms with van der Waals surface area (Å²) in [5.74, 6) is 2.65. The molecular weight excluding hydrogens is 256 g/mol. The van der Waals surface area contributed by atoms with E-state index in [0.717, 1.165) is 11.4 Å². The van der Waals surface area contributed by atoms with E-state index in [0.29, 0.717) is 24.1 Å². The fourth-order valence-electron chi connectivity index (χ4n) is 2.24. The Hall–Kier alpha value is -1.68. The molecule has 2 aromatic rings. The van der Waals surface area contributed by atoms with Crippen molar-refractivity contribution in [3.05, 3.63) is 47.7 Å². The van der Waals surface area contributed by atoms with Crippen LogP contribution in [0.25, 0.3) is 0 Å². The number of thioether (sulfide) groups is 1. The zero-order chi connectivity index (χ0) is 13.2. The zero-order valence-electron chi connectivity index (χ0n) is 10.8. The number of anilines is 1. The first-order valence-corrected chi connectivity index (χ1v) is 7.30. The molecule has 98 valence electrons. The molecule has 1 aromatic heterocycles. The Balaban J connectivity index is 1.71. The van der Waals surface area contributed by atoms with Gasteiger partial charge in [-0.3, -0.25) is 0 Å². The number of benzene rings is 1. The zero-order valence-corrected chi connectivity index (χ0v) is 11.6. The van der Waals surface area contributed by atoms with Gasteiger partial charge in [-0.1, -0.05) is 18.2 Å². The lowest BCUT2D eigenvalue weighted by Crippen LogP contribution is -2.11. The van der Waals surface area contributed by atoms with Crippen molar-refractivity contribution in [1.29, 1.82) is 0 Å². The maximum absolute atomic E-state index is 5.86. The third-order valence-electron chi connectivity index (χ3n) is 3.26. The Morgan fingerprint density at radius 3 is 3.00 bits per heavy atom. The Morgan fingerprint density at radius 1 is 1.32 bits per heavy atom. The number of nitrogen functional groups attached to an aromatic ring is 1. The van der Waals surface area contributed by atoms with Crippen molar-refractivity contribution in [2.75, 3.05) is 18.1 Å². The smallest absolute Gasteiger partial charge is 0.166 e. The van der Waals surface area contributed by atoms with Gasteiger partial charge in [0.25, 0.3) is 0 Å². The highest BCUT2D eigenvalue weighted by molar-refractivity contribution is 7.99. The van der Waals surface area contributed by atoms with Gasteiger partial charge in [-0.05, 0) is 30.7 Å². The molecule has 1 unspecified atom stereocenters. The van der Waals surface area contributed by atoms with E-state index in [1.54, 1.807) is 0 Å². The summed E-state index contributed by atoms with van der Waals surface area (Å²) in [4.78, 5) is 5.58. The van der Waals surface area contributed by atoms with Crippen LogP contribution >= 0.6 is 11.8 Å². The van der Waals surface area contributed by atoms with Gasteiger partial charge >= 0.3 is 0 Å². The number of rotatable bonds is 3. The minimum Gasteiger partial charge on any atom is -0.489 e. The van der Waals surface area contributed by atoms with Gasteiger partial charge in [-0.2, -0.15) is 0 Å². The number of ether oxygens (including phenoxy) is 1. The van der Waals surface area contributed by atoms with Gasteiger partial charge in [0.1, 0.15) is 0 Å². The maximum Gasteiger partial charge on any atom is 0.166 e. The molecule has 0 spiro atoms. The summed E-state index contributed by atoms with van der Waals surface area (Å²) in [6.07, 6.45) is 0. The summed E-state index contributed by atoms with van der Waals surface area (Å²) in [5, 5.41) is 0. The summed E-state index contributed by atoms with van der Waals surface area (Å²) < 4.78 is 5.83. The van der Waals surface area contributed by atoms with Crippen LogP contribution in [0.1, 0.15) is 17.2 Å². The number of pyridine rings is 1. The van der Waals surface area contributed by atoms with Crippen LogP contribution in [-0.2, 0) is 0 Å². The molecule has 0 amide bonds. The standard InChI is InChI=1S/C15H16N2OS/c1-10-6-7-13(15(16)17-10)18-8-11-9-19-14-5-3-2-4-12(11)14/h2-7,11H,8-9H2,1H3,(H2,16,17). The molecule has 2 N–H and O–H groups in total. The summed E-state index contributed by atoms with van der Waals surface area (Å²) in [6.45, 7) is 2.57. The molecule has 2 heterocycles. The summed E-state index contributed by atoms with van der Waals surface area (Å²) in [7, 11) is 0. The molecule has 0 saturated carbocycles. The normalized spacial score (nSPS) is 17.2. The Bertz CT molecular complexity index is 600. The largest absolute Gasteiger partial charge is 0.489 e. The first-order valence-electron chi connectivity index (χ1n) is 6.31. The topological polar surface area (TPSA) is 48.1 Å². The highest BCUT2D eigenvalue weighted by Gasteiger charge is 2.23. The molecule has 1 atom stereocenters. The lowest BCUT2D eigenvalue weighted by atomic mass is 10.0. The third kappa shape index (κ3) is 2.54. The van der Waals surface area contributed by atoms with Gasteiger partial charge in [0, 0.05) is 22.3 Å². The molecule has 4 heteroatoms. The molecule has 3 nitrogen and oxygen atoms in total. The Morgan fingerprint density at radius 2 is 2.16 bits per heavy atom. The lowest BCUT2D eigenvalue weighted by molar-refractivity contribution is 0.298. The quantitative estimate of drug-likeness (QED) is 0.932. The van der Waals surface area contributed by atoms with Crippen molar-refractivity contribution in [2.45, 2.75) is 17.7 Å². The van der Waals surface area contributed by atoms with Gasteiger partial charge in [0.15, 0.2) is 11.6 Å². The molecular formula is C15H16N2OS. The van der Waals surface area contributed by atoms with Gasteiger partial charge in [0.05, 0.1) is 6.61 Å². The predicted octanol–water partition coefficient (Wildman–Crippen LogP) is 3.24. The van der Waals surface area contributed by atoms with Gasteiger partial charge in [0.2, 0.25) is 0 Å². The number of nitrogens with zero attached hydrogens (tertiary/aromatic N) is 1. The van der Waals surface area contributed by atoms with Crippen LogP contribution in [0.4, 0.5) is 5.82 Å². The molecule has 19 heavy (non-hydrogen) atoms. The molecule has 0 saturated heterocycles. The van der Waals surface area contributed by atoms with E-state index < -0.39 is 0 Å². The molecule has 0 fully saturated rings. The van der Waals surface area contributed by atoms with E-state index >= 15 is 0 Å². The van der Waals surface area contributed by atoms with Crippen molar-refractivity contribution in [3.8, 4) is 5.75 Å². The Labute approximate surface area is 117 Å². The first-order chi connectivity index (χ1) is 9.24. The van der Waals surface area contributed by atoms with E-state index in [2.05, 4.69) is 29.2 Å². The molecule has 1 aliphatic rings. The number of hydrogen-bond acceptors (Lipinski definition) is 4. The summed E-state index contributed by atoms with van der Waals surface area (Å²) in [6, 6.07) is 12.3. The predicted molar refractivity (Wildman–Crippen MR) is 78.8 cm³/mol. The monoisotopic (exact) mass is 272 g/mol. The van der Waals surface area contributed by atoms with Gasteiger partial charge in [-0.25, -0.2) is 4.98 Å². The fraction of sp³-hybridized carbons (Fsp3) is 0.267. The molecule has 0 aliphatic carbocycles. The van der Waals surface area contributed by atoms with Crippen LogP contribution in [0, 0.1) is 6.92 Å². The summed E-state index contributed by atoms with van der Waals surface area (Å²) >= 11 is 1.89. The van der Waals surface area contributed by atoms with Crippen LogP contribution in [0.3, 0.4) is 0 Å². The molecule has 1 aliphatic heterocycles. The van der Waals surface area contributed by atoms with Crippen molar-refractivity contribution in [2.24, 2.45) is 0 Å². The molecule has 3 rings (SSSR count). The highest BCUT2D eigenvalue weighted by Crippen LogP contribution is 2.39. The maximum atomic E-state index is 5.86. The van der Waals surface area contributed by atoms with E-state index in [9.17, 15) is 0 Å². The second-order valence-electron chi connectivity index (χ2n) is 4.69. The van der Waals surface area contributed by atoms with Crippen LogP contribution < -0.4 is 10.5 Å². The van der Waals surface area contributed by atoms with Crippen molar-refractivity contribution in [3.63, 3.8) is 0 Å². The molecule has 0 radical (unpaired) electrons. The first kappa shape index (κ1) is 12.4. The van der Waals surface area contributed by atoms with E-state index in [-0.39, 0.29) is 0 Å². The SMILES string of the molecule is Cc1ccc(OCC2CSc3ccccc32)c(N)n1. The second kappa shape index (κ2) is 5.13.